The van der Waals surface area contributed by atoms with Gasteiger partial charge in [0.2, 0.25) is 0 Å². The van der Waals surface area contributed by atoms with Crippen LogP contribution in [0.1, 0.15) is 25.0 Å². The summed E-state index contributed by atoms with van der Waals surface area (Å²) >= 11 is 0. The number of hydrogen-bond acceptors (Lipinski definition) is 2. The van der Waals surface area contributed by atoms with Crippen molar-refractivity contribution in [3.05, 3.63) is 29.3 Å². The summed E-state index contributed by atoms with van der Waals surface area (Å²) in [6, 6.07) is 6.23. The lowest BCUT2D eigenvalue weighted by Crippen LogP contribution is -2.20. The minimum absolute atomic E-state index is 0.821. The quantitative estimate of drug-likeness (QED) is 0.773. The second-order valence-corrected chi connectivity index (χ2v) is 5.28. The fourth-order valence-electron chi connectivity index (χ4n) is 2.49. The highest BCUT2D eigenvalue weighted by Gasteiger charge is 2.25. The Balaban J connectivity index is 2.08. The minimum atomic E-state index is 0.821. The maximum absolute atomic E-state index is 5.93. The van der Waals surface area contributed by atoms with Crippen LogP contribution in [0.15, 0.2) is 18.2 Å². The molecule has 1 saturated heterocycles. The molecule has 1 heterocycles. The Morgan fingerprint density at radius 1 is 1.25 bits per heavy atom. The molecule has 0 saturated carbocycles. The van der Waals surface area contributed by atoms with E-state index < -0.39 is 0 Å². The number of hydrogen-bond donors (Lipinski definition) is 1. The first-order valence-electron chi connectivity index (χ1n) is 6.14. The van der Waals surface area contributed by atoms with Gasteiger partial charge in [0.05, 0.1) is 0 Å². The van der Waals surface area contributed by atoms with Gasteiger partial charge in [0, 0.05) is 25.3 Å². The molecule has 2 nitrogen and oxygen atoms in total. The molecule has 88 valence electrons. The first-order valence-corrected chi connectivity index (χ1v) is 6.14. The molecule has 2 rings (SSSR count). The van der Waals surface area contributed by atoms with Gasteiger partial charge in [-0.1, -0.05) is 26.0 Å². The molecule has 16 heavy (non-hydrogen) atoms. The predicted octanol–water partition coefficient (Wildman–Crippen LogP) is 2.67. The van der Waals surface area contributed by atoms with E-state index in [1.54, 1.807) is 0 Å². The fraction of sp³-hybridized carbons (Fsp3) is 0.571. The van der Waals surface area contributed by atoms with Crippen molar-refractivity contribution in [2.45, 2.75) is 27.3 Å². The van der Waals surface area contributed by atoms with E-state index in [1.807, 2.05) is 6.07 Å². The molecule has 0 spiro atoms. The lowest BCUT2D eigenvalue weighted by molar-refractivity contribution is 0.315. The number of nitrogens with zero attached hydrogens (tertiary/aromatic N) is 1. The van der Waals surface area contributed by atoms with Gasteiger partial charge in [-0.05, 0) is 36.0 Å². The molecule has 1 aromatic carbocycles. The highest BCUT2D eigenvalue weighted by Crippen LogP contribution is 2.25. The normalized spacial score (nSPS) is 26.2. The molecule has 0 aromatic heterocycles. The highest BCUT2D eigenvalue weighted by molar-refractivity contribution is 5.49. The van der Waals surface area contributed by atoms with Crippen LogP contribution in [0, 0.1) is 18.8 Å². The molecule has 0 bridgehead atoms. The van der Waals surface area contributed by atoms with Gasteiger partial charge in [-0.2, -0.15) is 0 Å². The van der Waals surface area contributed by atoms with Crippen LogP contribution >= 0.6 is 0 Å². The molecule has 2 unspecified atom stereocenters. The third-order valence-electron chi connectivity index (χ3n) is 3.95. The molecule has 0 aliphatic carbocycles. The first kappa shape index (κ1) is 11.5. The zero-order valence-corrected chi connectivity index (χ0v) is 10.5. The Hall–Kier alpha value is -1.02. The number of benzene rings is 1. The van der Waals surface area contributed by atoms with Gasteiger partial charge in [-0.3, -0.25) is 4.90 Å². The van der Waals surface area contributed by atoms with Crippen molar-refractivity contribution in [2.75, 3.05) is 18.8 Å². The van der Waals surface area contributed by atoms with Crippen LogP contribution in [0.25, 0.3) is 0 Å². The van der Waals surface area contributed by atoms with Gasteiger partial charge in [0.1, 0.15) is 0 Å². The van der Waals surface area contributed by atoms with Crippen LogP contribution in [0.3, 0.4) is 0 Å². The van der Waals surface area contributed by atoms with E-state index in [1.165, 1.54) is 24.2 Å². The van der Waals surface area contributed by atoms with Gasteiger partial charge < -0.3 is 5.73 Å². The van der Waals surface area contributed by atoms with Crippen LogP contribution in [0.4, 0.5) is 5.69 Å². The van der Waals surface area contributed by atoms with E-state index in [2.05, 4.69) is 37.8 Å². The van der Waals surface area contributed by atoms with Crippen molar-refractivity contribution in [3.63, 3.8) is 0 Å². The Bertz CT molecular complexity index is 363. The molecule has 2 N–H and O–H groups in total. The fourth-order valence-corrected chi connectivity index (χ4v) is 2.49. The van der Waals surface area contributed by atoms with E-state index >= 15 is 0 Å². The number of rotatable bonds is 2. The zero-order valence-electron chi connectivity index (χ0n) is 10.5. The van der Waals surface area contributed by atoms with E-state index in [0.29, 0.717) is 0 Å². The third kappa shape index (κ3) is 2.22. The maximum Gasteiger partial charge on any atom is 0.0346 e. The second-order valence-electron chi connectivity index (χ2n) is 5.28. The molecule has 0 amide bonds. The monoisotopic (exact) mass is 218 g/mol. The average molecular weight is 218 g/mol. The standard InChI is InChI=1S/C14H22N2/c1-10-7-16(8-11(10)2)9-13-5-4-6-14(15)12(13)3/h4-6,10-11H,7-9,15H2,1-3H3. The van der Waals surface area contributed by atoms with E-state index in [9.17, 15) is 0 Å². The molecule has 1 aliphatic heterocycles. The summed E-state index contributed by atoms with van der Waals surface area (Å²) < 4.78 is 0. The topological polar surface area (TPSA) is 29.3 Å². The second kappa shape index (κ2) is 4.46. The van der Waals surface area contributed by atoms with Gasteiger partial charge in [-0.15, -0.1) is 0 Å². The van der Waals surface area contributed by atoms with Crippen molar-refractivity contribution in [3.8, 4) is 0 Å². The van der Waals surface area contributed by atoms with Gasteiger partial charge in [-0.25, -0.2) is 0 Å². The Morgan fingerprint density at radius 3 is 2.50 bits per heavy atom. The van der Waals surface area contributed by atoms with Crippen molar-refractivity contribution in [1.82, 2.24) is 4.90 Å². The summed E-state index contributed by atoms with van der Waals surface area (Å²) in [6.07, 6.45) is 0. The lowest BCUT2D eigenvalue weighted by Gasteiger charge is -2.17. The van der Waals surface area contributed by atoms with E-state index in [4.69, 9.17) is 5.73 Å². The number of likely N-dealkylation sites (tertiary alicyclic amines) is 1. The van der Waals surface area contributed by atoms with Crippen molar-refractivity contribution < 1.29 is 0 Å². The number of anilines is 1. The Morgan fingerprint density at radius 2 is 1.88 bits per heavy atom. The summed E-state index contributed by atoms with van der Waals surface area (Å²) in [7, 11) is 0. The molecule has 2 heteroatoms. The van der Waals surface area contributed by atoms with Crippen LogP contribution in [0.2, 0.25) is 0 Å². The molecular weight excluding hydrogens is 196 g/mol. The smallest absolute Gasteiger partial charge is 0.0346 e. The Labute approximate surface area is 98.4 Å². The molecule has 0 radical (unpaired) electrons. The van der Waals surface area contributed by atoms with Crippen LogP contribution < -0.4 is 5.73 Å². The Kier molecular flexibility index (Phi) is 3.20. The van der Waals surface area contributed by atoms with E-state index in [0.717, 1.165) is 24.1 Å². The van der Waals surface area contributed by atoms with Crippen molar-refractivity contribution >= 4 is 5.69 Å². The summed E-state index contributed by atoms with van der Waals surface area (Å²) in [5.41, 5.74) is 9.47. The number of nitrogen functional groups attached to an aromatic ring is 1. The molecular formula is C14H22N2. The first-order chi connectivity index (χ1) is 7.58. The summed E-state index contributed by atoms with van der Waals surface area (Å²) in [4.78, 5) is 2.54. The van der Waals surface area contributed by atoms with Gasteiger partial charge >= 0.3 is 0 Å². The predicted molar refractivity (Wildman–Crippen MR) is 69.2 cm³/mol. The lowest BCUT2D eigenvalue weighted by atomic mass is 10.0. The highest BCUT2D eigenvalue weighted by atomic mass is 15.1. The molecule has 1 aliphatic rings. The molecule has 1 aromatic rings. The SMILES string of the molecule is Cc1c(N)cccc1CN1CC(C)C(C)C1. The van der Waals surface area contributed by atoms with Gasteiger partial charge in [0.25, 0.3) is 0 Å². The van der Waals surface area contributed by atoms with Crippen molar-refractivity contribution in [2.24, 2.45) is 11.8 Å². The summed E-state index contributed by atoms with van der Waals surface area (Å²) in [5.74, 6) is 1.64. The van der Waals surface area contributed by atoms with Gasteiger partial charge in [0.15, 0.2) is 0 Å². The van der Waals surface area contributed by atoms with Crippen LogP contribution in [-0.2, 0) is 6.54 Å². The van der Waals surface area contributed by atoms with Crippen LogP contribution in [0.5, 0.6) is 0 Å². The van der Waals surface area contributed by atoms with E-state index in [-0.39, 0.29) is 0 Å². The number of nitrogens with two attached hydrogens (primary N) is 1. The van der Waals surface area contributed by atoms with Crippen LogP contribution in [-0.4, -0.2) is 18.0 Å². The molecule has 2 atom stereocenters. The largest absolute Gasteiger partial charge is 0.399 e. The molecule has 1 fully saturated rings. The average Bonchev–Trinajstić information content (AvgIpc) is 2.54. The third-order valence-corrected chi connectivity index (χ3v) is 3.95. The summed E-state index contributed by atoms with van der Waals surface area (Å²) in [6.45, 7) is 10.3. The minimum Gasteiger partial charge on any atom is -0.399 e. The van der Waals surface area contributed by atoms with Crippen molar-refractivity contribution in [1.29, 1.82) is 0 Å². The zero-order chi connectivity index (χ0) is 11.7. The maximum atomic E-state index is 5.93. The summed E-state index contributed by atoms with van der Waals surface area (Å²) in [5, 5.41) is 0.